The fourth-order valence-electron chi connectivity index (χ4n) is 5.59. The number of hydrogen-bond acceptors (Lipinski definition) is 5. The highest BCUT2D eigenvalue weighted by Crippen LogP contribution is 2.55. The van der Waals surface area contributed by atoms with Crippen LogP contribution in [0.15, 0.2) is 30.5 Å². The highest BCUT2D eigenvalue weighted by Gasteiger charge is 2.47. The third kappa shape index (κ3) is 4.45. The van der Waals surface area contributed by atoms with Gasteiger partial charge in [0.15, 0.2) is 0 Å². The number of urea groups is 1. The first-order chi connectivity index (χ1) is 16.5. The van der Waals surface area contributed by atoms with Crippen molar-refractivity contribution < 1.29 is 19.4 Å². The summed E-state index contributed by atoms with van der Waals surface area (Å²) in [6.45, 7) is 1.74. The van der Waals surface area contributed by atoms with Gasteiger partial charge in [0.2, 0.25) is 5.88 Å². The normalized spacial score (nSPS) is 19.3. The van der Waals surface area contributed by atoms with E-state index in [-0.39, 0.29) is 12.5 Å². The van der Waals surface area contributed by atoms with Crippen LogP contribution in [0.25, 0.3) is 0 Å². The van der Waals surface area contributed by atoms with Crippen LogP contribution < -0.4 is 4.74 Å². The number of pyridine rings is 2. The van der Waals surface area contributed by atoms with E-state index < -0.39 is 12.0 Å². The summed E-state index contributed by atoms with van der Waals surface area (Å²) < 4.78 is 5.10. The summed E-state index contributed by atoms with van der Waals surface area (Å²) in [5, 5.41) is 9.44. The Labute approximate surface area is 199 Å². The second-order valence-corrected chi connectivity index (χ2v) is 9.74. The maximum Gasteiger partial charge on any atom is 0.320 e. The molecule has 0 unspecified atom stereocenters. The topological polar surface area (TPSA) is 95.9 Å². The van der Waals surface area contributed by atoms with Crippen molar-refractivity contribution in [3.8, 4) is 5.88 Å². The van der Waals surface area contributed by atoms with Gasteiger partial charge in [-0.1, -0.05) is 12.1 Å². The SMILES string of the molecule is COc1ccc([C@H](CC(=O)O)N2CCN(CCCc3ccc4c(n3)CCCC43CC3)C2=O)cn1. The lowest BCUT2D eigenvalue weighted by atomic mass is 9.82. The van der Waals surface area contributed by atoms with Gasteiger partial charge in [0.1, 0.15) is 0 Å². The van der Waals surface area contributed by atoms with E-state index in [2.05, 4.69) is 17.1 Å². The van der Waals surface area contributed by atoms with Crippen molar-refractivity contribution in [3.05, 3.63) is 53.0 Å². The maximum atomic E-state index is 13.1. The Morgan fingerprint density at radius 3 is 2.76 bits per heavy atom. The van der Waals surface area contributed by atoms with E-state index in [1.807, 2.05) is 4.90 Å². The van der Waals surface area contributed by atoms with Crippen LogP contribution in [0.1, 0.15) is 67.1 Å². The molecule has 8 nitrogen and oxygen atoms in total. The number of methoxy groups -OCH3 is 1. The molecular formula is C26H32N4O4. The smallest absolute Gasteiger partial charge is 0.320 e. The molecule has 5 rings (SSSR count). The largest absolute Gasteiger partial charge is 0.481 e. The molecule has 180 valence electrons. The number of aromatic nitrogens is 2. The van der Waals surface area contributed by atoms with Gasteiger partial charge in [-0.2, -0.15) is 0 Å². The molecule has 2 aromatic rings. The number of carboxylic acids is 1. The van der Waals surface area contributed by atoms with Gasteiger partial charge in [0.25, 0.3) is 0 Å². The van der Waals surface area contributed by atoms with Gasteiger partial charge in [-0.3, -0.25) is 9.78 Å². The summed E-state index contributed by atoms with van der Waals surface area (Å²) in [5.74, 6) is -0.492. The zero-order valence-electron chi connectivity index (χ0n) is 19.7. The van der Waals surface area contributed by atoms with Gasteiger partial charge in [-0.25, -0.2) is 9.78 Å². The van der Waals surface area contributed by atoms with E-state index in [1.165, 1.54) is 44.1 Å². The summed E-state index contributed by atoms with van der Waals surface area (Å²) in [5.41, 5.74) is 5.01. The number of ether oxygens (including phenoxy) is 1. The van der Waals surface area contributed by atoms with E-state index in [4.69, 9.17) is 9.72 Å². The zero-order chi connectivity index (χ0) is 23.7. The summed E-state index contributed by atoms with van der Waals surface area (Å²) in [6, 6.07) is 7.28. The molecule has 0 bridgehead atoms. The Hall–Kier alpha value is -3.16. The van der Waals surface area contributed by atoms with E-state index in [0.717, 1.165) is 25.0 Å². The second kappa shape index (κ2) is 9.24. The molecular weight excluding hydrogens is 432 g/mol. The standard InChI is InChI=1S/C26H32N4O4/c1-34-23-9-6-18(17-27-23)22(16-24(31)32)30-15-14-29(25(30)33)13-3-4-19-7-8-20-21(28-19)5-2-10-26(20)11-12-26/h6-9,17,22H,2-5,10-16H2,1H3,(H,31,32)/t22-/m0/s1. The number of fused-ring (bicyclic) bond motifs is 2. The van der Waals surface area contributed by atoms with Gasteiger partial charge in [-0.15, -0.1) is 0 Å². The van der Waals surface area contributed by atoms with E-state index in [0.29, 0.717) is 36.5 Å². The number of amides is 2. The van der Waals surface area contributed by atoms with E-state index in [1.54, 1.807) is 23.2 Å². The van der Waals surface area contributed by atoms with Crippen LogP contribution in [0.2, 0.25) is 0 Å². The summed E-state index contributed by atoms with van der Waals surface area (Å²) >= 11 is 0. The molecule has 8 heteroatoms. The van der Waals surface area contributed by atoms with Crippen LogP contribution in [0.4, 0.5) is 4.79 Å². The van der Waals surface area contributed by atoms with Gasteiger partial charge in [-0.05, 0) is 67.6 Å². The van der Waals surface area contributed by atoms with E-state index in [9.17, 15) is 14.7 Å². The van der Waals surface area contributed by atoms with Crippen LogP contribution >= 0.6 is 0 Å². The fraction of sp³-hybridized carbons (Fsp3) is 0.538. The van der Waals surface area contributed by atoms with Crippen LogP contribution in [0, 0.1) is 0 Å². The molecule has 3 aliphatic rings. The molecule has 2 amide bonds. The number of hydrogen-bond donors (Lipinski definition) is 1. The summed E-state index contributed by atoms with van der Waals surface area (Å²) in [7, 11) is 1.53. The number of rotatable bonds is 9. The first-order valence-electron chi connectivity index (χ1n) is 12.3. The molecule has 1 spiro atoms. The molecule has 0 radical (unpaired) electrons. The predicted octanol–water partition coefficient (Wildman–Crippen LogP) is 3.74. The van der Waals surface area contributed by atoms with Gasteiger partial charge in [0, 0.05) is 43.3 Å². The first kappa shape index (κ1) is 22.6. The third-order valence-corrected chi connectivity index (χ3v) is 7.61. The minimum atomic E-state index is -0.946. The zero-order valence-corrected chi connectivity index (χ0v) is 19.7. The molecule has 2 aliphatic carbocycles. The highest BCUT2D eigenvalue weighted by atomic mass is 16.5. The Bertz CT molecular complexity index is 1070. The molecule has 1 saturated heterocycles. The average molecular weight is 465 g/mol. The van der Waals surface area contributed by atoms with Gasteiger partial charge < -0.3 is 19.6 Å². The lowest BCUT2D eigenvalue weighted by Crippen LogP contribution is -2.36. The fourth-order valence-corrected chi connectivity index (χ4v) is 5.59. The summed E-state index contributed by atoms with van der Waals surface area (Å²) in [6.07, 6.45) is 9.36. The minimum Gasteiger partial charge on any atom is -0.481 e. The summed E-state index contributed by atoms with van der Waals surface area (Å²) in [4.78, 5) is 37.3. The van der Waals surface area contributed by atoms with Crippen LogP contribution in [-0.4, -0.2) is 63.6 Å². The van der Waals surface area contributed by atoms with Crippen LogP contribution in [0.3, 0.4) is 0 Å². The molecule has 2 aromatic heterocycles. The lowest BCUT2D eigenvalue weighted by molar-refractivity contribution is -0.138. The Kier molecular flexibility index (Phi) is 6.15. The van der Waals surface area contributed by atoms with Gasteiger partial charge >= 0.3 is 12.0 Å². The van der Waals surface area contributed by atoms with Crippen molar-refractivity contribution in [2.24, 2.45) is 0 Å². The number of aliphatic carboxylic acids is 1. The van der Waals surface area contributed by atoms with Crippen LogP contribution in [-0.2, 0) is 23.1 Å². The molecule has 2 fully saturated rings. The number of nitrogens with zero attached hydrogens (tertiary/aromatic N) is 4. The molecule has 34 heavy (non-hydrogen) atoms. The van der Waals surface area contributed by atoms with Crippen LogP contribution in [0.5, 0.6) is 5.88 Å². The lowest BCUT2D eigenvalue weighted by Gasteiger charge is -2.27. The van der Waals surface area contributed by atoms with Gasteiger partial charge in [0.05, 0.1) is 19.6 Å². The minimum absolute atomic E-state index is 0.115. The number of aryl methyl sites for hydroxylation is 2. The number of carbonyl (C=O) groups excluding carboxylic acids is 1. The van der Waals surface area contributed by atoms with Crippen molar-refractivity contribution in [1.29, 1.82) is 0 Å². The highest BCUT2D eigenvalue weighted by molar-refractivity contribution is 5.78. The third-order valence-electron chi connectivity index (χ3n) is 7.61. The van der Waals surface area contributed by atoms with Crippen molar-refractivity contribution in [3.63, 3.8) is 0 Å². The number of carboxylic acid groups (broad SMARTS) is 1. The molecule has 1 saturated carbocycles. The van der Waals surface area contributed by atoms with E-state index >= 15 is 0 Å². The molecule has 1 N–H and O–H groups in total. The first-order valence-corrected chi connectivity index (χ1v) is 12.3. The molecule has 1 aliphatic heterocycles. The number of carbonyl (C=O) groups is 2. The average Bonchev–Trinajstić information content (AvgIpc) is 3.52. The Morgan fingerprint density at radius 2 is 2.06 bits per heavy atom. The van der Waals surface area contributed by atoms with Crippen molar-refractivity contribution in [2.75, 3.05) is 26.7 Å². The van der Waals surface area contributed by atoms with Crippen molar-refractivity contribution >= 4 is 12.0 Å². The predicted molar refractivity (Wildman–Crippen MR) is 126 cm³/mol. The maximum absolute atomic E-state index is 13.1. The quantitative estimate of drug-likeness (QED) is 0.607. The Balaban J connectivity index is 1.20. The Morgan fingerprint density at radius 1 is 1.21 bits per heavy atom. The second-order valence-electron chi connectivity index (χ2n) is 9.74. The monoisotopic (exact) mass is 464 g/mol. The molecule has 0 aromatic carbocycles. The molecule has 3 heterocycles. The molecule has 1 atom stereocenters. The van der Waals surface area contributed by atoms with Crippen molar-refractivity contribution in [1.82, 2.24) is 19.8 Å². The van der Waals surface area contributed by atoms with Crippen molar-refractivity contribution in [2.45, 2.75) is 62.8 Å².